The Labute approximate surface area is 162 Å². The third-order valence-electron chi connectivity index (χ3n) is 6.51. The second-order valence-electron chi connectivity index (χ2n) is 8.22. The standard InChI is InChI=1S/C20H34N4O3/c1-4-27-19(26)14-24-10-7-20(18(13-24)15-25)5-8-23(9-6-20)12-17-11-22(3)21-16(17)2/h11,18,25H,4-10,12-15H2,1-3H3. The molecule has 3 rings (SSSR count). The molecule has 1 atom stereocenters. The van der Waals surface area contributed by atoms with Gasteiger partial charge in [0.1, 0.15) is 0 Å². The largest absolute Gasteiger partial charge is 0.465 e. The number of nitrogens with zero attached hydrogens (tertiary/aromatic N) is 4. The van der Waals surface area contributed by atoms with Gasteiger partial charge in [0.05, 0.1) is 18.8 Å². The normalized spacial score (nSPS) is 23.6. The predicted molar refractivity (Wildman–Crippen MR) is 103 cm³/mol. The molecule has 0 aliphatic carbocycles. The van der Waals surface area contributed by atoms with Gasteiger partial charge in [-0.3, -0.25) is 19.3 Å². The van der Waals surface area contributed by atoms with Gasteiger partial charge in [0, 0.05) is 44.4 Å². The molecule has 152 valence electrons. The van der Waals surface area contributed by atoms with Crippen LogP contribution in [0, 0.1) is 18.3 Å². The van der Waals surface area contributed by atoms with Gasteiger partial charge < -0.3 is 9.84 Å². The molecule has 0 radical (unpaired) electrons. The molecular formula is C20H34N4O3. The van der Waals surface area contributed by atoms with E-state index in [4.69, 9.17) is 4.74 Å². The van der Waals surface area contributed by atoms with E-state index in [0.717, 1.165) is 57.7 Å². The zero-order valence-electron chi connectivity index (χ0n) is 17.0. The number of carbonyl (C=O) groups is 1. The number of hydrogen-bond acceptors (Lipinski definition) is 6. The Balaban J connectivity index is 1.55. The first-order chi connectivity index (χ1) is 13.0. The highest BCUT2D eigenvalue weighted by molar-refractivity contribution is 5.71. The minimum atomic E-state index is -0.160. The Morgan fingerprint density at radius 2 is 1.96 bits per heavy atom. The van der Waals surface area contributed by atoms with Gasteiger partial charge in [0.25, 0.3) is 0 Å². The van der Waals surface area contributed by atoms with E-state index < -0.39 is 0 Å². The molecule has 2 saturated heterocycles. The third kappa shape index (κ3) is 4.70. The average molecular weight is 379 g/mol. The summed E-state index contributed by atoms with van der Waals surface area (Å²) in [5, 5.41) is 14.5. The van der Waals surface area contributed by atoms with Crippen LogP contribution in [0.3, 0.4) is 0 Å². The maximum atomic E-state index is 11.8. The van der Waals surface area contributed by atoms with Crippen LogP contribution in [0.1, 0.15) is 37.4 Å². The molecule has 2 fully saturated rings. The summed E-state index contributed by atoms with van der Waals surface area (Å²) in [5.74, 6) is 0.0785. The number of aryl methyl sites for hydroxylation is 2. The van der Waals surface area contributed by atoms with Crippen molar-refractivity contribution in [2.75, 3.05) is 45.9 Å². The lowest BCUT2D eigenvalue weighted by molar-refractivity contribution is -0.146. The van der Waals surface area contributed by atoms with Gasteiger partial charge in [0.2, 0.25) is 0 Å². The Hall–Kier alpha value is -1.44. The molecule has 0 bridgehead atoms. The highest BCUT2D eigenvalue weighted by Gasteiger charge is 2.44. The fourth-order valence-electron chi connectivity index (χ4n) is 4.83. The average Bonchev–Trinajstić information content (AvgIpc) is 2.96. The molecule has 0 aromatic carbocycles. The second kappa shape index (κ2) is 8.71. The quantitative estimate of drug-likeness (QED) is 0.750. The molecule has 3 heterocycles. The molecule has 1 N–H and O–H groups in total. The fourth-order valence-corrected chi connectivity index (χ4v) is 4.83. The van der Waals surface area contributed by atoms with E-state index >= 15 is 0 Å². The van der Waals surface area contributed by atoms with Gasteiger partial charge in [-0.15, -0.1) is 0 Å². The first kappa shape index (κ1) is 20.3. The van der Waals surface area contributed by atoms with Crippen molar-refractivity contribution in [1.29, 1.82) is 0 Å². The van der Waals surface area contributed by atoms with Crippen molar-refractivity contribution in [2.24, 2.45) is 18.4 Å². The molecule has 0 amide bonds. The molecule has 1 aromatic rings. The smallest absolute Gasteiger partial charge is 0.320 e. The summed E-state index contributed by atoms with van der Waals surface area (Å²) < 4.78 is 6.96. The van der Waals surface area contributed by atoms with Crippen LogP contribution in [0.2, 0.25) is 0 Å². The molecule has 27 heavy (non-hydrogen) atoms. The highest BCUT2D eigenvalue weighted by Crippen LogP contribution is 2.45. The summed E-state index contributed by atoms with van der Waals surface area (Å²) >= 11 is 0. The molecule has 0 saturated carbocycles. The number of rotatable bonds is 6. The van der Waals surface area contributed by atoms with E-state index in [9.17, 15) is 9.90 Å². The summed E-state index contributed by atoms with van der Waals surface area (Å²) in [4.78, 5) is 16.4. The minimum Gasteiger partial charge on any atom is -0.465 e. The van der Waals surface area contributed by atoms with Gasteiger partial charge >= 0.3 is 5.97 Å². The third-order valence-corrected chi connectivity index (χ3v) is 6.51. The summed E-state index contributed by atoms with van der Waals surface area (Å²) in [6.07, 6.45) is 5.40. The maximum Gasteiger partial charge on any atom is 0.320 e. The SMILES string of the molecule is CCOC(=O)CN1CCC2(CCN(Cc3cn(C)nc3C)CC2)C(CO)C1. The molecule has 1 spiro atoms. The molecule has 7 heteroatoms. The molecule has 1 unspecified atom stereocenters. The Morgan fingerprint density at radius 1 is 1.30 bits per heavy atom. The van der Waals surface area contributed by atoms with Gasteiger partial charge in [0.15, 0.2) is 0 Å². The van der Waals surface area contributed by atoms with Crippen LogP contribution in [0.15, 0.2) is 6.20 Å². The number of esters is 1. The van der Waals surface area contributed by atoms with Crippen LogP contribution >= 0.6 is 0 Å². The van der Waals surface area contributed by atoms with Crippen molar-refractivity contribution in [1.82, 2.24) is 19.6 Å². The van der Waals surface area contributed by atoms with E-state index in [1.54, 1.807) is 0 Å². The van der Waals surface area contributed by atoms with Crippen LogP contribution in [0.4, 0.5) is 0 Å². The first-order valence-electron chi connectivity index (χ1n) is 10.2. The van der Waals surface area contributed by atoms with Gasteiger partial charge in [-0.1, -0.05) is 0 Å². The number of ether oxygens (including phenoxy) is 1. The minimum absolute atomic E-state index is 0.160. The van der Waals surface area contributed by atoms with Crippen molar-refractivity contribution in [3.8, 4) is 0 Å². The van der Waals surface area contributed by atoms with Gasteiger partial charge in [-0.25, -0.2) is 0 Å². The van der Waals surface area contributed by atoms with Gasteiger partial charge in [-0.05, 0) is 58.2 Å². The monoisotopic (exact) mass is 378 g/mol. The van der Waals surface area contributed by atoms with Gasteiger partial charge in [-0.2, -0.15) is 5.10 Å². The first-order valence-corrected chi connectivity index (χ1v) is 10.2. The number of piperidine rings is 2. The highest BCUT2D eigenvalue weighted by atomic mass is 16.5. The van der Waals surface area contributed by atoms with Crippen molar-refractivity contribution < 1.29 is 14.6 Å². The van der Waals surface area contributed by atoms with Crippen LogP contribution in [-0.2, 0) is 23.1 Å². The maximum absolute atomic E-state index is 11.8. The summed E-state index contributed by atoms with van der Waals surface area (Å²) in [7, 11) is 1.97. The lowest BCUT2D eigenvalue weighted by atomic mass is 9.64. The van der Waals surface area contributed by atoms with E-state index in [2.05, 4.69) is 28.0 Å². The van der Waals surface area contributed by atoms with Crippen molar-refractivity contribution in [3.05, 3.63) is 17.5 Å². The number of likely N-dealkylation sites (tertiary alicyclic amines) is 2. The van der Waals surface area contributed by atoms with E-state index in [0.29, 0.717) is 13.2 Å². The zero-order valence-corrected chi connectivity index (χ0v) is 17.0. The van der Waals surface area contributed by atoms with Crippen molar-refractivity contribution in [3.63, 3.8) is 0 Å². The van der Waals surface area contributed by atoms with Crippen LogP contribution < -0.4 is 0 Å². The van der Waals surface area contributed by atoms with Crippen molar-refractivity contribution in [2.45, 2.75) is 39.7 Å². The topological polar surface area (TPSA) is 70.8 Å². The number of aliphatic hydroxyl groups excluding tert-OH is 1. The second-order valence-corrected chi connectivity index (χ2v) is 8.22. The molecule has 1 aromatic heterocycles. The van der Waals surface area contributed by atoms with E-state index in [-0.39, 0.29) is 23.9 Å². The molecule has 2 aliphatic rings. The van der Waals surface area contributed by atoms with Crippen LogP contribution in [-0.4, -0.2) is 76.6 Å². The number of carbonyl (C=O) groups excluding carboxylic acids is 1. The Bertz CT molecular complexity index is 637. The summed E-state index contributed by atoms with van der Waals surface area (Å²) in [5.41, 5.74) is 2.62. The Kier molecular flexibility index (Phi) is 6.55. The summed E-state index contributed by atoms with van der Waals surface area (Å²) in [6.45, 7) is 9.64. The lowest BCUT2D eigenvalue weighted by Crippen LogP contribution is -2.54. The molecule has 2 aliphatic heterocycles. The number of aliphatic hydroxyl groups is 1. The fraction of sp³-hybridized carbons (Fsp3) is 0.800. The number of aromatic nitrogens is 2. The predicted octanol–water partition coefficient (Wildman–Crippen LogP) is 1.19. The Morgan fingerprint density at radius 3 is 2.52 bits per heavy atom. The van der Waals surface area contributed by atoms with Crippen LogP contribution in [0.5, 0.6) is 0 Å². The lowest BCUT2D eigenvalue weighted by Gasteiger charge is -2.51. The van der Waals surface area contributed by atoms with E-state index in [1.807, 2.05) is 18.7 Å². The van der Waals surface area contributed by atoms with Crippen LogP contribution in [0.25, 0.3) is 0 Å². The van der Waals surface area contributed by atoms with Crippen molar-refractivity contribution >= 4 is 5.97 Å². The zero-order chi connectivity index (χ0) is 19.4. The van der Waals surface area contributed by atoms with E-state index in [1.165, 1.54) is 5.56 Å². The molecular weight excluding hydrogens is 344 g/mol. The summed E-state index contributed by atoms with van der Waals surface area (Å²) in [6, 6.07) is 0. The molecule has 7 nitrogen and oxygen atoms in total. The number of hydrogen-bond donors (Lipinski definition) is 1.